The van der Waals surface area contributed by atoms with E-state index in [9.17, 15) is 4.79 Å². The molecule has 1 aliphatic heterocycles. The molecule has 0 aliphatic carbocycles. The van der Waals surface area contributed by atoms with Gasteiger partial charge in [-0.25, -0.2) is 4.98 Å². The summed E-state index contributed by atoms with van der Waals surface area (Å²) in [6.45, 7) is 5.69. The van der Waals surface area contributed by atoms with Crippen molar-refractivity contribution in [1.29, 1.82) is 0 Å². The number of aromatic nitrogens is 4. The zero-order chi connectivity index (χ0) is 16.4. The molecular formula is C17H25N5O. The maximum absolute atomic E-state index is 12.5. The van der Waals surface area contributed by atoms with Crippen LogP contribution in [0.4, 0.5) is 0 Å². The van der Waals surface area contributed by atoms with Gasteiger partial charge < -0.3 is 9.88 Å². The predicted molar refractivity (Wildman–Crippen MR) is 88.1 cm³/mol. The molecule has 2 aromatic heterocycles. The van der Waals surface area contributed by atoms with Crippen LogP contribution in [0.5, 0.6) is 0 Å². The normalized spacial score (nSPS) is 18.4. The number of nitrogens with zero attached hydrogens (tertiary/aromatic N) is 4. The van der Waals surface area contributed by atoms with Crippen molar-refractivity contribution in [3.8, 4) is 0 Å². The molecule has 0 radical (unpaired) electrons. The molecule has 0 spiro atoms. The number of imidazole rings is 1. The summed E-state index contributed by atoms with van der Waals surface area (Å²) in [6.07, 6.45) is 7.19. The summed E-state index contributed by atoms with van der Waals surface area (Å²) in [6, 6.07) is 0. The van der Waals surface area contributed by atoms with Gasteiger partial charge in [0.1, 0.15) is 5.82 Å². The molecule has 6 nitrogen and oxygen atoms in total. The average Bonchev–Trinajstić information content (AvgIpc) is 3.13. The minimum absolute atomic E-state index is 0.237. The number of carbonyl (C=O) groups is 1. The minimum Gasteiger partial charge on any atom is -0.346 e. The van der Waals surface area contributed by atoms with Gasteiger partial charge in [-0.05, 0) is 38.7 Å². The summed E-state index contributed by atoms with van der Waals surface area (Å²) in [5.74, 6) is 1.59. The van der Waals surface area contributed by atoms with Crippen LogP contribution in [0.3, 0.4) is 0 Å². The van der Waals surface area contributed by atoms with Gasteiger partial charge in [0.2, 0.25) is 5.91 Å². The van der Waals surface area contributed by atoms with Crippen LogP contribution in [0.25, 0.3) is 0 Å². The molecule has 1 amide bonds. The molecule has 2 aromatic rings. The summed E-state index contributed by atoms with van der Waals surface area (Å²) < 4.78 is 1.86. The maximum Gasteiger partial charge on any atom is 0.222 e. The fraction of sp³-hybridized carbons (Fsp3) is 0.588. The van der Waals surface area contributed by atoms with Crippen molar-refractivity contribution in [1.82, 2.24) is 24.6 Å². The van der Waals surface area contributed by atoms with E-state index in [1.807, 2.05) is 42.9 Å². The highest BCUT2D eigenvalue weighted by atomic mass is 16.2. The third-order valence-corrected chi connectivity index (χ3v) is 4.83. The van der Waals surface area contributed by atoms with Crippen molar-refractivity contribution in [3.05, 3.63) is 35.2 Å². The van der Waals surface area contributed by atoms with Gasteiger partial charge in [-0.1, -0.05) is 0 Å². The molecule has 1 unspecified atom stereocenters. The molecule has 1 atom stereocenters. The number of nitrogens with one attached hydrogen (secondary N) is 1. The Balaban J connectivity index is 1.57. The Morgan fingerprint density at radius 3 is 2.87 bits per heavy atom. The van der Waals surface area contributed by atoms with Crippen LogP contribution < -0.4 is 0 Å². The quantitative estimate of drug-likeness (QED) is 0.939. The number of H-pyrrole nitrogens is 1. The fourth-order valence-electron chi connectivity index (χ4n) is 3.26. The molecular weight excluding hydrogens is 290 g/mol. The largest absolute Gasteiger partial charge is 0.346 e. The molecule has 6 heteroatoms. The van der Waals surface area contributed by atoms with Crippen LogP contribution in [0, 0.1) is 13.8 Å². The van der Waals surface area contributed by atoms with E-state index >= 15 is 0 Å². The Kier molecular flexibility index (Phi) is 4.50. The lowest BCUT2D eigenvalue weighted by Crippen LogP contribution is -2.39. The van der Waals surface area contributed by atoms with Gasteiger partial charge in [0.25, 0.3) is 0 Å². The third-order valence-electron chi connectivity index (χ3n) is 4.83. The van der Waals surface area contributed by atoms with Crippen LogP contribution in [-0.2, 0) is 18.3 Å². The molecule has 1 N–H and O–H groups in total. The zero-order valence-electron chi connectivity index (χ0n) is 14.2. The summed E-state index contributed by atoms with van der Waals surface area (Å²) >= 11 is 0. The molecule has 0 saturated carbocycles. The van der Waals surface area contributed by atoms with Gasteiger partial charge in [-0.15, -0.1) is 0 Å². The smallest absolute Gasteiger partial charge is 0.222 e. The molecule has 0 aromatic carbocycles. The number of aromatic amines is 1. The molecule has 124 valence electrons. The summed E-state index contributed by atoms with van der Waals surface area (Å²) in [5, 5.41) is 4.24. The van der Waals surface area contributed by atoms with Gasteiger partial charge in [0.05, 0.1) is 6.20 Å². The Bertz CT molecular complexity index is 687. The fourth-order valence-corrected chi connectivity index (χ4v) is 3.26. The highest BCUT2D eigenvalue weighted by Crippen LogP contribution is 2.25. The van der Waals surface area contributed by atoms with E-state index in [1.54, 1.807) is 0 Å². The molecule has 0 bridgehead atoms. The highest BCUT2D eigenvalue weighted by Gasteiger charge is 2.26. The van der Waals surface area contributed by atoms with Crippen LogP contribution in [0.2, 0.25) is 0 Å². The van der Waals surface area contributed by atoms with E-state index in [1.165, 1.54) is 0 Å². The maximum atomic E-state index is 12.5. The second kappa shape index (κ2) is 6.56. The highest BCUT2D eigenvalue weighted by molar-refractivity contribution is 5.76. The summed E-state index contributed by atoms with van der Waals surface area (Å²) in [5.41, 5.74) is 3.38. The van der Waals surface area contributed by atoms with E-state index in [0.29, 0.717) is 12.3 Å². The van der Waals surface area contributed by atoms with E-state index in [0.717, 1.165) is 55.1 Å². The van der Waals surface area contributed by atoms with Gasteiger partial charge in [-0.3, -0.25) is 9.48 Å². The van der Waals surface area contributed by atoms with Gasteiger partial charge in [0.15, 0.2) is 0 Å². The summed E-state index contributed by atoms with van der Waals surface area (Å²) in [4.78, 5) is 22.3. The van der Waals surface area contributed by atoms with Crippen molar-refractivity contribution < 1.29 is 4.79 Å². The second-order valence-electron chi connectivity index (χ2n) is 6.51. The number of hydrogen-bond donors (Lipinski definition) is 1. The number of hydrogen-bond acceptors (Lipinski definition) is 3. The topological polar surface area (TPSA) is 66.8 Å². The summed E-state index contributed by atoms with van der Waals surface area (Å²) in [7, 11) is 1.93. The first-order valence-corrected chi connectivity index (χ1v) is 8.31. The SMILES string of the molecule is Cc1cnc(C2CCCN(C(=O)CCc3cnn(C)c3C)C2)[nH]1. The van der Waals surface area contributed by atoms with Crippen molar-refractivity contribution in [2.45, 2.75) is 45.4 Å². The predicted octanol–water partition coefficient (Wildman–Crippen LogP) is 2.10. The van der Waals surface area contributed by atoms with Crippen molar-refractivity contribution in [3.63, 3.8) is 0 Å². The van der Waals surface area contributed by atoms with E-state index in [4.69, 9.17) is 0 Å². The molecule has 3 heterocycles. The zero-order valence-corrected chi connectivity index (χ0v) is 14.2. The van der Waals surface area contributed by atoms with E-state index in [2.05, 4.69) is 15.1 Å². The molecule has 1 saturated heterocycles. The van der Waals surface area contributed by atoms with E-state index < -0.39 is 0 Å². The number of rotatable bonds is 4. The Labute approximate surface area is 136 Å². The molecule has 3 rings (SSSR count). The van der Waals surface area contributed by atoms with Crippen molar-refractivity contribution in [2.24, 2.45) is 7.05 Å². The number of aryl methyl sites for hydroxylation is 3. The Morgan fingerprint density at radius 2 is 2.22 bits per heavy atom. The van der Waals surface area contributed by atoms with Crippen LogP contribution in [0.15, 0.2) is 12.4 Å². The van der Waals surface area contributed by atoms with Gasteiger partial charge in [0, 0.05) is 50.1 Å². The van der Waals surface area contributed by atoms with Crippen LogP contribution in [-0.4, -0.2) is 43.6 Å². The first kappa shape index (κ1) is 15.8. The van der Waals surface area contributed by atoms with Crippen LogP contribution in [0.1, 0.15) is 48.0 Å². The lowest BCUT2D eigenvalue weighted by Gasteiger charge is -2.32. The van der Waals surface area contributed by atoms with Crippen molar-refractivity contribution >= 4 is 5.91 Å². The molecule has 23 heavy (non-hydrogen) atoms. The standard InChI is InChI=1S/C17H25N5O/c1-12-9-18-17(20-12)15-5-4-8-22(11-15)16(23)7-6-14-10-19-21(3)13(14)2/h9-10,15H,4-8,11H2,1-3H3,(H,18,20). The van der Waals surface area contributed by atoms with Crippen LogP contribution >= 0.6 is 0 Å². The number of likely N-dealkylation sites (tertiary alicyclic amines) is 1. The molecule has 1 fully saturated rings. The third kappa shape index (κ3) is 3.46. The Morgan fingerprint density at radius 1 is 1.39 bits per heavy atom. The lowest BCUT2D eigenvalue weighted by molar-refractivity contribution is -0.132. The van der Waals surface area contributed by atoms with E-state index in [-0.39, 0.29) is 5.91 Å². The number of amides is 1. The number of piperidine rings is 1. The Hall–Kier alpha value is -2.11. The van der Waals surface area contributed by atoms with Gasteiger partial charge in [-0.2, -0.15) is 5.10 Å². The first-order chi connectivity index (χ1) is 11.0. The number of carbonyl (C=O) groups excluding carboxylic acids is 1. The van der Waals surface area contributed by atoms with Gasteiger partial charge >= 0.3 is 0 Å². The average molecular weight is 315 g/mol. The lowest BCUT2D eigenvalue weighted by atomic mass is 9.97. The monoisotopic (exact) mass is 315 g/mol. The van der Waals surface area contributed by atoms with Crippen molar-refractivity contribution in [2.75, 3.05) is 13.1 Å². The minimum atomic E-state index is 0.237. The molecule has 1 aliphatic rings. The second-order valence-corrected chi connectivity index (χ2v) is 6.51. The first-order valence-electron chi connectivity index (χ1n) is 8.31.